The third-order valence-corrected chi connectivity index (χ3v) is 3.45. The standard InChI is InChI=1S/C11H17NO3S/c1-3-8(12)5-16-6-9-4-10(11(13)14)7(2)15-9/h4,8H,3,5-6,12H2,1-2H3,(H,13,14). The number of hydrogen-bond acceptors (Lipinski definition) is 4. The Kier molecular flexibility index (Phi) is 4.89. The molecule has 0 aliphatic carbocycles. The van der Waals surface area contributed by atoms with Crippen molar-refractivity contribution in [2.75, 3.05) is 5.75 Å². The van der Waals surface area contributed by atoms with Crippen molar-refractivity contribution < 1.29 is 14.3 Å². The third kappa shape index (κ3) is 3.57. The molecule has 5 heteroatoms. The van der Waals surface area contributed by atoms with Gasteiger partial charge in [0.25, 0.3) is 0 Å². The van der Waals surface area contributed by atoms with Gasteiger partial charge >= 0.3 is 5.97 Å². The van der Waals surface area contributed by atoms with Crippen LogP contribution in [-0.2, 0) is 5.75 Å². The summed E-state index contributed by atoms with van der Waals surface area (Å²) in [5.74, 6) is 1.74. The van der Waals surface area contributed by atoms with Gasteiger partial charge in [-0.05, 0) is 19.4 Å². The second kappa shape index (κ2) is 5.96. The smallest absolute Gasteiger partial charge is 0.339 e. The van der Waals surface area contributed by atoms with E-state index in [2.05, 4.69) is 0 Å². The van der Waals surface area contributed by atoms with Crippen LogP contribution in [0.15, 0.2) is 10.5 Å². The Hall–Kier alpha value is -0.940. The largest absolute Gasteiger partial charge is 0.478 e. The van der Waals surface area contributed by atoms with Crippen molar-refractivity contribution in [3.05, 3.63) is 23.2 Å². The highest BCUT2D eigenvalue weighted by molar-refractivity contribution is 7.98. The van der Waals surface area contributed by atoms with E-state index >= 15 is 0 Å². The number of hydrogen-bond donors (Lipinski definition) is 2. The van der Waals surface area contributed by atoms with Gasteiger partial charge in [0.05, 0.1) is 5.75 Å². The van der Waals surface area contributed by atoms with Gasteiger partial charge in [0.1, 0.15) is 17.1 Å². The van der Waals surface area contributed by atoms with E-state index in [-0.39, 0.29) is 11.6 Å². The maximum atomic E-state index is 10.8. The zero-order valence-electron chi connectivity index (χ0n) is 9.53. The number of aryl methyl sites for hydroxylation is 1. The molecule has 0 bridgehead atoms. The summed E-state index contributed by atoms with van der Waals surface area (Å²) < 4.78 is 5.35. The van der Waals surface area contributed by atoms with Gasteiger partial charge < -0.3 is 15.3 Å². The number of carboxylic acid groups (broad SMARTS) is 1. The van der Waals surface area contributed by atoms with Crippen LogP contribution in [0.3, 0.4) is 0 Å². The van der Waals surface area contributed by atoms with Crippen molar-refractivity contribution in [3.63, 3.8) is 0 Å². The summed E-state index contributed by atoms with van der Waals surface area (Å²) >= 11 is 1.66. The monoisotopic (exact) mass is 243 g/mol. The molecule has 0 amide bonds. The van der Waals surface area contributed by atoms with Crippen LogP contribution in [0.4, 0.5) is 0 Å². The number of thioether (sulfide) groups is 1. The quantitative estimate of drug-likeness (QED) is 0.801. The Balaban J connectivity index is 2.49. The number of carboxylic acids is 1. The fourth-order valence-corrected chi connectivity index (χ4v) is 2.26. The average molecular weight is 243 g/mol. The molecule has 1 unspecified atom stereocenters. The van der Waals surface area contributed by atoms with Gasteiger partial charge in [-0.1, -0.05) is 6.92 Å². The molecule has 0 fully saturated rings. The van der Waals surface area contributed by atoms with Crippen molar-refractivity contribution in [1.29, 1.82) is 0 Å². The minimum absolute atomic E-state index is 0.194. The molecular formula is C11H17NO3S. The molecule has 0 aliphatic heterocycles. The van der Waals surface area contributed by atoms with Gasteiger partial charge in [-0.3, -0.25) is 0 Å². The van der Waals surface area contributed by atoms with Crippen LogP contribution in [0.25, 0.3) is 0 Å². The van der Waals surface area contributed by atoms with Crippen molar-refractivity contribution in [2.45, 2.75) is 32.1 Å². The van der Waals surface area contributed by atoms with Crippen LogP contribution < -0.4 is 5.73 Å². The van der Waals surface area contributed by atoms with Crippen LogP contribution in [0.5, 0.6) is 0 Å². The van der Waals surface area contributed by atoms with E-state index in [4.69, 9.17) is 15.3 Å². The van der Waals surface area contributed by atoms with Crippen molar-refractivity contribution in [2.24, 2.45) is 5.73 Å². The highest BCUT2D eigenvalue weighted by Crippen LogP contribution is 2.20. The summed E-state index contributed by atoms with van der Waals surface area (Å²) in [6.45, 7) is 3.71. The summed E-state index contributed by atoms with van der Waals surface area (Å²) in [5.41, 5.74) is 6.02. The topological polar surface area (TPSA) is 76.5 Å². The zero-order valence-corrected chi connectivity index (χ0v) is 10.3. The Morgan fingerprint density at radius 3 is 2.88 bits per heavy atom. The van der Waals surface area contributed by atoms with Crippen LogP contribution >= 0.6 is 11.8 Å². The maximum absolute atomic E-state index is 10.8. The van der Waals surface area contributed by atoms with Crippen molar-refractivity contribution in [1.82, 2.24) is 0 Å². The molecule has 0 aromatic carbocycles. The Labute approximate surface area is 99.2 Å². The molecule has 1 heterocycles. The van der Waals surface area contributed by atoms with E-state index in [0.29, 0.717) is 17.3 Å². The van der Waals surface area contributed by atoms with Crippen LogP contribution in [-0.4, -0.2) is 22.9 Å². The predicted octanol–water partition coefficient (Wildman–Crippen LogP) is 2.26. The van der Waals surface area contributed by atoms with Gasteiger partial charge in [-0.25, -0.2) is 4.79 Å². The van der Waals surface area contributed by atoms with Gasteiger partial charge in [-0.2, -0.15) is 11.8 Å². The summed E-state index contributed by atoms with van der Waals surface area (Å²) in [6.07, 6.45) is 0.949. The Morgan fingerprint density at radius 1 is 1.69 bits per heavy atom. The fourth-order valence-electron chi connectivity index (χ4n) is 1.26. The second-order valence-corrected chi connectivity index (χ2v) is 4.70. The lowest BCUT2D eigenvalue weighted by atomic mass is 10.2. The van der Waals surface area contributed by atoms with E-state index in [9.17, 15) is 4.79 Å². The highest BCUT2D eigenvalue weighted by Gasteiger charge is 2.13. The van der Waals surface area contributed by atoms with Gasteiger partial charge in [0.2, 0.25) is 0 Å². The molecule has 1 aromatic heterocycles. The van der Waals surface area contributed by atoms with E-state index in [1.807, 2.05) is 6.92 Å². The van der Waals surface area contributed by atoms with Gasteiger partial charge in [0, 0.05) is 11.8 Å². The molecule has 1 aromatic rings. The van der Waals surface area contributed by atoms with E-state index in [1.54, 1.807) is 24.8 Å². The highest BCUT2D eigenvalue weighted by atomic mass is 32.2. The first-order valence-electron chi connectivity index (χ1n) is 5.20. The van der Waals surface area contributed by atoms with E-state index in [1.165, 1.54) is 0 Å². The average Bonchev–Trinajstić information content (AvgIpc) is 2.59. The number of carbonyl (C=O) groups is 1. The fraction of sp³-hybridized carbons (Fsp3) is 0.545. The summed E-state index contributed by atoms with van der Waals surface area (Å²) in [5, 5.41) is 8.84. The molecule has 0 saturated heterocycles. The normalized spacial score (nSPS) is 12.7. The maximum Gasteiger partial charge on any atom is 0.339 e. The number of nitrogens with two attached hydrogens (primary N) is 1. The molecule has 0 aliphatic rings. The molecule has 90 valence electrons. The van der Waals surface area contributed by atoms with Crippen molar-refractivity contribution >= 4 is 17.7 Å². The lowest BCUT2D eigenvalue weighted by molar-refractivity contribution is 0.0695. The summed E-state index contributed by atoms with van der Waals surface area (Å²) in [7, 11) is 0. The van der Waals surface area contributed by atoms with E-state index in [0.717, 1.165) is 12.2 Å². The van der Waals surface area contributed by atoms with Crippen LogP contribution in [0.2, 0.25) is 0 Å². The second-order valence-electron chi connectivity index (χ2n) is 3.67. The Bertz CT molecular complexity index is 362. The first-order valence-corrected chi connectivity index (χ1v) is 6.36. The zero-order chi connectivity index (χ0) is 12.1. The first-order chi connectivity index (χ1) is 7.54. The molecule has 4 nitrogen and oxygen atoms in total. The first kappa shape index (κ1) is 13.1. The lowest BCUT2D eigenvalue weighted by Crippen LogP contribution is -2.21. The van der Waals surface area contributed by atoms with Crippen LogP contribution in [0, 0.1) is 6.92 Å². The molecule has 3 N–H and O–H groups in total. The summed E-state index contributed by atoms with van der Waals surface area (Å²) in [4.78, 5) is 10.8. The Morgan fingerprint density at radius 2 is 2.38 bits per heavy atom. The molecule has 0 spiro atoms. The SMILES string of the molecule is CCC(N)CSCc1cc(C(=O)O)c(C)o1. The minimum Gasteiger partial charge on any atom is -0.478 e. The molecule has 1 atom stereocenters. The van der Waals surface area contributed by atoms with Gasteiger partial charge in [-0.15, -0.1) is 0 Å². The molecule has 16 heavy (non-hydrogen) atoms. The minimum atomic E-state index is -0.942. The number of aromatic carboxylic acids is 1. The third-order valence-electron chi connectivity index (χ3n) is 2.30. The van der Waals surface area contributed by atoms with Crippen LogP contribution in [0.1, 0.15) is 35.2 Å². The number of furan rings is 1. The molecule has 1 rings (SSSR count). The molecular weight excluding hydrogens is 226 g/mol. The summed E-state index contributed by atoms with van der Waals surface area (Å²) in [6, 6.07) is 1.78. The lowest BCUT2D eigenvalue weighted by Gasteiger charge is -2.06. The van der Waals surface area contributed by atoms with E-state index < -0.39 is 5.97 Å². The predicted molar refractivity (Wildman–Crippen MR) is 64.8 cm³/mol. The number of rotatable bonds is 6. The molecule has 0 saturated carbocycles. The van der Waals surface area contributed by atoms with Crippen molar-refractivity contribution in [3.8, 4) is 0 Å². The molecule has 0 radical (unpaired) electrons. The van der Waals surface area contributed by atoms with Gasteiger partial charge in [0.15, 0.2) is 0 Å².